The second kappa shape index (κ2) is 7.44. The first-order valence-electron chi connectivity index (χ1n) is 7.85. The molecule has 25 heavy (non-hydrogen) atoms. The van der Waals surface area contributed by atoms with Crippen molar-refractivity contribution < 1.29 is 9.18 Å². The van der Waals surface area contributed by atoms with Crippen molar-refractivity contribution >= 4 is 28.1 Å². The third kappa shape index (κ3) is 4.42. The zero-order valence-electron chi connectivity index (χ0n) is 14.0. The Bertz CT molecular complexity index is 873. The average molecular weight is 355 g/mol. The molecule has 0 unspecified atom stereocenters. The van der Waals surface area contributed by atoms with E-state index in [0.29, 0.717) is 6.54 Å². The fourth-order valence-electron chi connectivity index (χ4n) is 2.43. The molecule has 0 atom stereocenters. The summed E-state index contributed by atoms with van der Waals surface area (Å²) in [5.41, 5.74) is 3.67. The first kappa shape index (κ1) is 17.1. The van der Waals surface area contributed by atoms with Crippen LogP contribution >= 0.6 is 11.3 Å². The molecule has 0 saturated heterocycles. The van der Waals surface area contributed by atoms with Crippen LogP contribution in [0.4, 0.5) is 15.2 Å². The molecular weight excluding hydrogens is 337 g/mol. The summed E-state index contributed by atoms with van der Waals surface area (Å²) < 4.78 is 12.9. The van der Waals surface area contributed by atoms with E-state index in [-0.39, 0.29) is 11.7 Å². The van der Waals surface area contributed by atoms with Gasteiger partial charge in [-0.25, -0.2) is 9.37 Å². The summed E-state index contributed by atoms with van der Waals surface area (Å²) in [6, 6.07) is 14.0. The molecule has 1 aromatic heterocycles. The van der Waals surface area contributed by atoms with E-state index in [0.717, 1.165) is 32.5 Å². The number of carbonyl (C=O) groups is 1. The Balaban J connectivity index is 1.71. The lowest BCUT2D eigenvalue weighted by Crippen LogP contribution is -2.05. The summed E-state index contributed by atoms with van der Waals surface area (Å²) in [6.07, 6.45) is 0. The monoisotopic (exact) mass is 355 g/mol. The minimum Gasteiger partial charge on any atom is -0.357 e. The van der Waals surface area contributed by atoms with Crippen molar-refractivity contribution in [3.8, 4) is 11.3 Å². The Morgan fingerprint density at radius 2 is 1.80 bits per heavy atom. The van der Waals surface area contributed by atoms with Crippen LogP contribution in [-0.4, -0.2) is 10.9 Å². The Morgan fingerprint density at radius 3 is 2.44 bits per heavy atom. The fourth-order valence-corrected chi connectivity index (χ4v) is 3.27. The number of anilines is 2. The average Bonchev–Trinajstić information content (AvgIpc) is 2.95. The third-order valence-corrected chi connectivity index (χ3v) is 4.56. The van der Waals surface area contributed by atoms with E-state index >= 15 is 0 Å². The summed E-state index contributed by atoms with van der Waals surface area (Å²) in [7, 11) is 0. The minimum absolute atomic E-state index is 0.0927. The van der Waals surface area contributed by atoms with Crippen molar-refractivity contribution in [1.29, 1.82) is 0 Å². The van der Waals surface area contributed by atoms with Gasteiger partial charge >= 0.3 is 0 Å². The van der Waals surface area contributed by atoms with Crippen molar-refractivity contribution in [3.05, 3.63) is 64.8 Å². The summed E-state index contributed by atoms with van der Waals surface area (Å²) in [6.45, 7) is 4.10. The molecule has 1 heterocycles. The van der Waals surface area contributed by atoms with Gasteiger partial charge in [0, 0.05) is 29.6 Å². The van der Waals surface area contributed by atoms with Gasteiger partial charge < -0.3 is 10.6 Å². The lowest BCUT2D eigenvalue weighted by molar-refractivity contribution is -0.114. The van der Waals surface area contributed by atoms with Gasteiger partial charge in [-0.2, -0.15) is 0 Å². The van der Waals surface area contributed by atoms with Gasteiger partial charge in [0.05, 0.1) is 5.69 Å². The van der Waals surface area contributed by atoms with Gasteiger partial charge in [0.15, 0.2) is 5.13 Å². The van der Waals surface area contributed by atoms with Crippen molar-refractivity contribution in [3.63, 3.8) is 0 Å². The molecule has 0 bridgehead atoms. The fraction of sp³-hybridized carbons (Fsp3) is 0.158. The van der Waals surface area contributed by atoms with Gasteiger partial charge in [-0.3, -0.25) is 4.79 Å². The zero-order chi connectivity index (χ0) is 17.8. The van der Waals surface area contributed by atoms with Crippen LogP contribution in [0.2, 0.25) is 0 Å². The molecule has 4 nitrogen and oxygen atoms in total. The summed E-state index contributed by atoms with van der Waals surface area (Å²) in [4.78, 5) is 16.8. The van der Waals surface area contributed by atoms with E-state index in [4.69, 9.17) is 0 Å². The largest absolute Gasteiger partial charge is 0.357 e. The number of thiazole rings is 1. The Labute approximate surface area is 149 Å². The van der Waals surface area contributed by atoms with E-state index < -0.39 is 0 Å². The second-order valence-electron chi connectivity index (χ2n) is 5.66. The van der Waals surface area contributed by atoms with Gasteiger partial charge in [-0.05, 0) is 36.8 Å². The highest BCUT2D eigenvalue weighted by Crippen LogP contribution is 2.31. The van der Waals surface area contributed by atoms with Crippen LogP contribution in [0.15, 0.2) is 48.5 Å². The lowest BCUT2D eigenvalue weighted by Gasteiger charge is -2.04. The number of benzene rings is 2. The van der Waals surface area contributed by atoms with Crippen LogP contribution < -0.4 is 10.6 Å². The molecule has 2 aromatic carbocycles. The molecule has 0 aliphatic carbocycles. The first-order valence-corrected chi connectivity index (χ1v) is 8.66. The van der Waals surface area contributed by atoms with Gasteiger partial charge in [-0.1, -0.05) is 24.3 Å². The molecule has 2 N–H and O–H groups in total. The van der Waals surface area contributed by atoms with Crippen molar-refractivity contribution in [2.24, 2.45) is 0 Å². The molecule has 0 aliphatic rings. The topological polar surface area (TPSA) is 54.0 Å². The van der Waals surface area contributed by atoms with Crippen LogP contribution in [0.5, 0.6) is 0 Å². The predicted molar refractivity (Wildman–Crippen MR) is 100 cm³/mol. The SMILES string of the molecule is CC(=O)Nc1ccc(-c2nc(NCc3ccc(F)cc3)sc2C)cc1. The van der Waals surface area contributed by atoms with Crippen molar-refractivity contribution in [1.82, 2.24) is 4.98 Å². The minimum atomic E-state index is -0.237. The molecule has 0 aliphatic heterocycles. The third-order valence-electron chi connectivity index (χ3n) is 3.63. The molecular formula is C19H18FN3OS. The quantitative estimate of drug-likeness (QED) is 0.689. The number of aromatic nitrogens is 1. The number of rotatable bonds is 5. The number of amides is 1. The number of carbonyl (C=O) groups excluding carboxylic acids is 1. The number of hydrogen-bond acceptors (Lipinski definition) is 4. The van der Waals surface area contributed by atoms with E-state index in [1.165, 1.54) is 19.1 Å². The first-order chi connectivity index (χ1) is 12.0. The van der Waals surface area contributed by atoms with Crippen LogP contribution in [0.1, 0.15) is 17.4 Å². The van der Waals surface area contributed by atoms with E-state index in [9.17, 15) is 9.18 Å². The van der Waals surface area contributed by atoms with Gasteiger partial charge in [0.25, 0.3) is 0 Å². The summed E-state index contributed by atoms with van der Waals surface area (Å²) >= 11 is 1.58. The molecule has 3 rings (SSSR count). The number of aryl methyl sites for hydroxylation is 1. The Kier molecular flexibility index (Phi) is 5.09. The highest BCUT2D eigenvalue weighted by atomic mass is 32.1. The van der Waals surface area contributed by atoms with Crippen molar-refractivity contribution in [2.45, 2.75) is 20.4 Å². The molecule has 0 saturated carbocycles. The molecule has 128 valence electrons. The normalized spacial score (nSPS) is 10.5. The van der Waals surface area contributed by atoms with E-state index in [1.807, 2.05) is 31.2 Å². The van der Waals surface area contributed by atoms with Gasteiger partial charge in [0.1, 0.15) is 5.82 Å². The van der Waals surface area contributed by atoms with Gasteiger partial charge in [0.2, 0.25) is 5.91 Å². The van der Waals surface area contributed by atoms with Crippen LogP contribution in [-0.2, 0) is 11.3 Å². The summed E-state index contributed by atoms with van der Waals surface area (Å²) in [5.74, 6) is -0.330. The molecule has 0 radical (unpaired) electrons. The smallest absolute Gasteiger partial charge is 0.221 e. The highest BCUT2D eigenvalue weighted by Gasteiger charge is 2.10. The number of nitrogens with zero attached hydrogens (tertiary/aromatic N) is 1. The molecule has 0 spiro atoms. The number of halogens is 1. The number of nitrogens with one attached hydrogen (secondary N) is 2. The van der Waals surface area contributed by atoms with E-state index in [2.05, 4.69) is 15.6 Å². The standard InChI is InChI=1S/C19H18FN3OS/c1-12-18(15-5-9-17(10-6-15)22-13(2)24)23-19(25-12)21-11-14-3-7-16(20)8-4-14/h3-10H,11H2,1-2H3,(H,21,23)(H,22,24). The van der Waals surface area contributed by atoms with Crippen LogP contribution in [0.3, 0.4) is 0 Å². The lowest BCUT2D eigenvalue weighted by atomic mass is 10.1. The summed E-state index contributed by atoms with van der Waals surface area (Å²) in [5, 5.41) is 6.85. The number of hydrogen-bond donors (Lipinski definition) is 2. The Morgan fingerprint density at radius 1 is 1.12 bits per heavy atom. The van der Waals surface area contributed by atoms with Crippen LogP contribution in [0, 0.1) is 12.7 Å². The molecule has 0 fully saturated rings. The van der Waals surface area contributed by atoms with Crippen LogP contribution in [0.25, 0.3) is 11.3 Å². The molecule has 6 heteroatoms. The maximum Gasteiger partial charge on any atom is 0.221 e. The molecule has 3 aromatic rings. The van der Waals surface area contributed by atoms with Gasteiger partial charge in [-0.15, -0.1) is 11.3 Å². The van der Waals surface area contributed by atoms with E-state index in [1.54, 1.807) is 23.5 Å². The highest BCUT2D eigenvalue weighted by molar-refractivity contribution is 7.16. The predicted octanol–water partition coefficient (Wildman–Crippen LogP) is 4.83. The van der Waals surface area contributed by atoms with Crippen molar-refractivity contribution in [2.75, 3.05) is 10.6 Å². The maximum atomic E-state index is 12.9. The zero-order valence-corrected chi connectivity index (χ0v) is 14.8. The second-order valence-corrected chi connectivity index (χ2v) is 6.87. The maximum absolute atomic E-state index is 12.9. The molecule has 1 amide bonds. The Hall–Kier alpha value is -2.73.